The molecule has 0 bridgehead atoms. The summed E-state index contributed by atoms with van der Waals surface area (Å²) in [5.41, 5.74) is 2.60. The lowest BCUT2D eigenvalue weighted by Crippen LogP contribution is -2.45. The SMILES string of the molecule is CC(C)(C)[Si](C)(C)Oc1ccc(O[Si](C)(C)C(C)(C)C)c(C2CC(=O)c3c(O[Si](C)(C)C(C)(C)C)ccc(O[Si](C)(C)C(C)(C)C)c32)c1. The van der Waals surface area contributed by atoms with Gasteiger partial charge in [-0.15, -0.1) is 0 Å². The van der Waals surface area contributed by atoms with Gasteiger partial charge in [-0.1, -0.05) is 83.1 Å². The molecule has 0 spiro atoms. The van der Waals surface area contributed by atoms with Crippen molar-refractivity contribution in [3.63, 3.8) is 0 Å². The second-order valence-electron chi connectivity index (χ2n) is 20.2. The monoisotopic (exact) mass is 728 g/mol. The van der Waals surface area contributed by atoms with E-state index in [-0.39, 0.29) is 31.9 Å². The van der Waals surface area contributed by atoms with Crippen molar-refractivity contribution in [3.05, 3.63) is 47.0 Å². The first kappa shape index (κ1) is 40.6. The zero-order valence-electron chi connectivity index (χ0n) is 34.2. The highest BCUT2D eigenvalue weighted by Crippen LogP contribution is 2.53. The Morgan fingerprint density at radius 2 is 0.875 bits per heavy atom. The van der Waals surface area contributed by atoms with Crippen LogP contribution in [0.25, 0.3) is 0 Å². The van der Waals surface area contributed by atoms with E-state index in [9.17, 15) is 4.79 Å². The van der Waals surface area contributed by atoms with Crippen LogP contribution in [-0.4, -0.2) is 39.1 Å². The van der Waals surface area contributed by atoms with Gasteiger partial charge in [0.1, 0.15) is 23.0 Å². The Morgan fingerprint density at radius 3 is 1.31 bits per heavy atom. The molecule has 9 heteroatoms. The summed E-state index contributed by atoms with van der Waals surface area (Å²) in [6.07, 6.45) is 0.332. The summed E-state index contributed by atoms with van der Waals surface area (Å²) in [4.78, 5) is 14.4. The van der Waals surface area contributed by atoms with Gasteiger partial charge in [0.25, 0.3) is 8.32 Å². The van der Waals surface area contributed by atoms with Crippen molar-refractivity contribution < 1.29 is 22.5 Å². The average molecular weight is 729 g/mol. The van der Waals surface area contributed by atoms with Crippen LogP contribution < -0.4 is 17.7 Å². The number of rotatable bonds is 9. The Balaban J connectivity index is 2.38. The molecule has 270 valence electrons. The molecule has 1 aliphatic rings. The molecule has 3 rings (SSSR count). The normalized spacial score (nSPS) is 16.9. The van der Waals surface area contributed by atoms with Gasteiger partial charge in [0.15, 0.2) is 5.78 Å². The standard InChI is InChI=1S/C39H68O5Si4/c1-36(2,3)45(13,14)41-27-21-22-31(42-46(15,16)37(4,5)6)28(25-27)29-26-30(40)35-33(44-48(19,20)39(10,11)12)24-23-32(34(29)35)43-47(17,18)38(7,8)9/h21-25,29H,26H2,1-20H3. The van der Waals surface area contributed by atoms with Gasteiger partial charge in [-0.25, -0.2) is 0 Å². The molecule has 0 fully saturated rings. The molecule has 0 saturated heterocycles. The van der Waals surface area contributed by atoms with E-state index in [2.05, 4.69) is 160 Å². The molecule has 0 N–H and O–H groups in total. The fourth-order valence-corrected chi connectivity index (χ4v) is 8.85. The summed E-state index contributed by atoms with van der Waals surface area (Å²) in [5, 5.41) is 0.0169. The molecule has 48 heavy (non-hydrogen) atoms. The Hall–Kier alpha value is -1.82. The van der Waals surface area contributed by atoms with Gasteiger partial charge in [0, 0.05) is 23.5 Å². The molecule has 2 aromatic rings. The molecule has 5 nitrogen and oxygen atoms in total. The van der Waals surface area contributed by atoms with Crippen LogP contribution in [0.3, 0.4) is 0 Å². The number of ketones is 1. The Bertz CT molecular complexity index is 1510. The third kappa shape index (κ3) is 8.21. The molecule has 0 heterocycles. The van der Waals surface area contributed by atoms with Crippen LogP contribution in [0.1, 0.15) is 117 Å². The van der Waals surface area contributed by atoms with E-state index in [1.807, 2.05) is 6.07 Å². The number of carbonyl (C=O) groups is 1. The van der Waals surface area contributed by atoms with E-state index >= 15 is 0 Å². The molecule has 0 saturated carbocycles. The second kappa shape index (κ2) is 12.7. The maximum absolute atomic E-state index is 14.4. The van der Waals surface area contributed by atoms with Gasteiger partial charge in [-0.3, -0.25) is 4.79 Å². The fraction of sp³-hybridized carbons (Fsp3) is 0.667. The average Bonchev–Trinajstić information content (AvgIpc) is 3.21. The van der Waals surface area contributed by atoms with Crippen molar-refractivity contribution in [1.82, 2.24) is 0 Å². The third-order valence-corrected chi connectivity index (χ3v) is 29.6. The molecule has 0 amide bonds. The molecule has 0 radical (unpaired) electrons. The van der Waals surface area contributed by atoms with E-state index in [0.717, 1.165) is 28.4 Å². The number of Topliss-reactive ketones (excluding diaryl/α,β-unsaturated/α-hetero) is 1. The largest absolute Gasteiger partial charge is 0.543 e. The minimum atomic E-state index is -2.26. The highest BCUT2D eigenvalue weighted by atomic mass is 28.4. The summed E-state index contributed by atoms with van der Waals surface area (Å²) in [6.45, 7) is 45.1. The Morgan fingerprint density at radius 1 is 0.521 bits per heavy atom. The summed E-state index contributed by atoms with van der Waals surface area (Å²) < 4.78 is 28.0. The number of carbonyl (C=O) groups excluding carboxylic acids is 1. The van der Waals surface area contributed by atoms with Crippen LogP contribution in [0, 0.1) is 0 Å². The summed E-state index contributed by atoms with van der Waals surface area (Å²) >= 11 is 0. The minimum absolute atomic E-state index is 0.00473. The smallest absolute Gasteiger partial charge is 0.250 e. The molecule has 1 unspecified atom stereocenters. The first-order valence-electron chi connectivity index (χ1n) is 17.8. The van der Waals surface area contributed by atoms with Crippen LogP contribution in [0.2, 0.25) is 72.5 Å². The van der Waals surface area contributed by atoms with Gasteiger partial charge >= 0.3 is 0 Å². The van der Waals surface area contributed by atoms with Gasteiger partial charge in [0.05, 0.1) is 5.56 Å². The van der Waals surface area contributed by atoms with Crippen molar-refractivity contribution in [2.24, 2.45) is 0 Å². The molecule has 1 atom stereocenters. The summed E-state index contributed by atoms with van der Waals surface area (Å²) in [7, 11) is -8.88. The van der Waals surface area contributed by atoms with Crippen LogP contribution in [0.4, 0.5) is 0 Å². The molecular weight excluding hydrogens is 661 g/mol. The van der Waals surface area contributed by atoms with Crippen LogP contribution >= 0.6 is 0 Å². The second-order valence-corrected chi connectivity index (χ2v) is 39.1. The number of hydrogen-bond donors (Lipinski definition) is 0. The summed E-state index contributed by atoms with van der Waals surface area (Å²) in [5.74, 6) is 3.00. The zero-order valence-corrected chi connectivity index (χ0v) is 38.2. The lowest BCUT2D eigenvalue weighted by atomic mass is 9.91. The zero-order chi connectivity index (χ0) is 37.3. The molecular formula is C39H68O5Si4. The number of fused-ring (bicyclic) bond motifs is 1. The topological polar surface area (TPSA) is 54.0 Å². The first-order valence-corrected chi connectivity index (χ1v) is 29.5. The molecule has 1 aliphatic carbocycles. The first-order chi connectivity index (χ1) is 21.2. The molecule has 0 aliphatic heterocycles. The van der Waals surface area contributed by atoms with Gasteiger partial charge in [0.2, 0.25) is 25.0 Å². The lowest BCUT2D eigenvalue weighted by molar-refractivity contribution is 0.0989. The van der Waals surface area contributed by atoms with E-state index < -0.39 is 33.3 Å². The van der Waals surface area contributed by atoms with Crippen molar-refractivity contribution >= 4 is 39.1 Å². The van der Waals surface area contributed by atoms with Crippen LogP contribution in [0.5, 0.6) is 23.0 Å². The van der Waals surface area contributed by atoms with Crippen molar-refractivity contribution in [1.29, 1.82) is 0 Å². The van der Waals surface area contributed by atoms with Crippen molar-refractivity contribution in [2.75, 3.05) is 0 Å². The van der Waals surface area contributed by atoms with Gasteiger partial charge in [-0.05, 0) is 103 Å². The van der Waals surface area contributed by atoms with Gasteiger partial charge in [-0.2, -0.15) is 0 Å². The molecule has 2 aromatic carbocycles. The fourth-order valence-electron chi connectivity index (χ4n) is 4.73. The lowest BCUT2D eigenvalue weighted by Gasteiger charge is -2.39. The molecule has 0 aromatic heterocycles. The van der Waals surface area contributed by atoms with E-state index in [1.54, 1.807) is 0 Å². The summed E-state index contributed by atoms with van der Waals surface area (Å²) in [6, 6.07) is 10.4. The highest BCUT2D eigenvalue weighted by Gasteiger charge is 2.47. The minimum Gasteiger partial charge on any atom is -0.543 e. The van der Waals surface area contributed by atoms with E-state index in [1.165, 1.54) is 0 Å². The predicted octanol–water partition coefficient (Wildman–Crippen LogP) is 12.9. The predicted molar refractivity (Wildman–Crippen MR) is 215 cm³/mol. The Kier molecular flexibility index (Phi) is 10.8. The quantitative estimate of drug-likeness (QED) is 0.241. The van der Waals surface area contributed by atoms with Crippen LogP contribution in [0.15, 0.2) is 30.3 Å². The van der Waals surface area contributed by atoms with E-state index in [0.29, 0.717) is 17.7 Å². The van der Waals surface area contributed by atoms with Crippen LogP contribution in [-0.2, 0) is 0 Å². The maximum Gasteiger partial charge on any atom is 0.250 e. The van der Waals surface area contributed by atoms with Gasteiger partial charge < -0.3 is 17.7 Å². The highest BCUT2D eigenvalue weighted by molar-refractivity contribution is 6.76. The Labute approximate surface area is 298 Å². The number of hydrogen-bond acceptors (Lipinski definition) is 5. The number of benzene rings is 2. The maximum atomic E-state index is 14.4. The third-order valence-electron chi connectivity index (χ3n) is 12.2. The van der Waals surface area contributed by atoms with Crippen molar-refractivity contribution in [3.8, 4) is 23.0 Å². The van der Waals surface area contributed by atoms with E-state index in [4.69, 9.17) is 17.7 Å². The van der Waals surface area contributed by atoms with Crippen molar-refractivity contribution in [2.45, 2.75) is 168 Å².